The van der Waals surface area contributed by atoms with Crippen molar-refractivity contribution in [2.45, 2.75) is 25.5 Å². The highest BCUT2D eigenvalue weighted by Gasteiger charge is 2.15. The van der Waals surface area contributed by atoms with Gasteiger partial charge in [-0.15, -0.1) is 10.2 Å². The van der Waals surface area contributed by atoms with Crippen molar-refractivity contribution in [3.05, 3.63) is 61.7 Å². The molecule has 0 saturated heterocycles. The predicted molar refractivity (Wildman–Crippen MR) is 113 cm³/mol. The Morgan fingerprint density at radius 1 is 1.23 bits per heavy atom. The first-order valence-electron chi connectivity index (χ1n) is 8.81. The van der Waals surface area contributed by atoms with Crippen LogP contribution < -0.4 is 16.6 Å². The van der Waals surface area contributed by atoms with Crippen LogP contribution in [0.3, 0.4) is 0 Å². The summed E-state index contributed by atoms with van der Waals surface area (Å²) in [4.78, 5) is 44.5. The molecule has 1 aromatic carbocycles. The zero-order chi connectivity index (χ0) is 21.3. The molecule has 0 aliphatic heterocycles. The molecule has 4 rings (SSSR count). The summed E-state index contributed by atoms with van der Waals surface area (Å²) in [5.74, 6) is 0.0260. The number of aromatic nitrogens is 5. The normalized spacial score (nSPS) is 11.1. The number of H-pyrrole nitrogens is 2. The van der Waals surface area contributed by atoms with Crippen LogP contribution in [0.2, 0.25) is 0 Å². The van der Waals surface area contributed by atoms with E-state index >= 15 is 0 Å². The average Bonchev–Trinajstić information content (AvgIpc) is 3.28. The molecule has 12 heteroatoms. The molecule has 3 aromatic heterocycles. The molecule has 154 valence electrons. The Labute approximate surface area is 177 Å². The smallest absolute Gasteiger partial charge is 0.325 e. The van der Waals surface area contributed by atoms with Gasteiger partial charge < -0.3 is 14.7 Å². The Kier molecular flexibility index (Phi) is 5.50. The topological polar surface area (TPSA) is 147 Å². The molecular weight excluding hydrogens is 428 g/mol. The van der Waals surface area contributed by atoms with Gasteiger partial charge in [-0.3, -0.25) is 14.6 Å². The Morgan fingerprint density at radius 2 is 2.07 bits per heavy atom. The lowest BCUT2D eigenvalue weighted by Crippen LogP contribution is -2.27. The van der Waals surface area contributed by atoms with Crippen LogP contribution in [0, 0.1) is 13.8 Å². The summed E-state index contributed by atoms with van der Waals surface area (Å²) in [7, 11) is 0. The van der Waals surface area contributed by atoms with E-state index in [-0.39, 0.29) is 29.2 Å². The van der Waals surface area contributed by atoms with E-state index < -0.39 is 11.2 Å². The molecule has 0 unspecified atom stereocenters. The number of thioether (sulfide) groups is 1. The molecule has 0 radical (unpaired) electrons. The molecule has 0 atom stereocenters. The first-order chi connectivity index (χ1) is 14.4. The number of nitrogens with one attached hydrogen (secondary N) is 3. The van der Waals surface area contributed by atoms with Crippen LogP contribution in [0.5, 0.6) is 0 Å². The van der Waals surface area contributed by atoms with Gasteiger partial charge in [0.1, 0.15) is 0 Å². The third kappa shape index (κ3) is 4.49. The van der Waals surface area contributed by atoms with E-state index in [1.807, 2.05) is 25.1 Å². The minimum Gasteiger partial charge on any atom is -0.416 e. The van der Waals surface area contributed by atoms with Crippen LogP contribution in [0.4, 0.5) is 5.13 Å². The zero-order valence-electron chi connectivity index (χ0n) is 15.9. The molecule has 0 aliphatic rings. The molecule has 3 heterocycles. The van der Waals surface area contributed by atoms with Crippen LogP contribution in [-0.2, 0) is 11.2 Å². The van der Waals surface area contributed by atoms with Crippen LogP contribution in [0.1, 0.15) is 22.7 Å². The van der Waals surface area contributed by atoms with Gasteiger partial charge in [0.05, 0.1) is 22.4 Å². The second kappa shape index (κ2) is 8.24. The number of thiazole rings is 1. The number of carbonyl (C=O) groups excluding carboxylic acids is 1. The van der Waals surface area contributed by atoms with Gasteiger partial charge in [0.15, 0.2) is 5.13 Å². The van der Waals surface area contributed by atoms with Crippen molar-refractivity contribution >= 4 is 44.4 Å². The van der Waals surface area contributed by atoms with Crippen LogP contribution >= 0.6 is 23.1 Å². The number of fused-ring (bicyclic) bond motifs is 1. The van der Waals surface area contributed by atoms with Gasteiger partial charge in [0, 0.05) is 11.3 Å². The maximum Gasteiger partial charge on any atom is 0.325 e. The van der Waals surface area contributed by atoms with Gasteiger partial charge in [0.25, 0.3) is 10.8 Å². The molecule has 0 bridgehead atoms. The van der Waals surface area contributed by atoms with Crippen molar-refractivity contribution in [3.63, 3.8) is 0 Å². The van der Waals surface area contributed by atoms with Crippen LogP contribution in [0.25, 0.3) is 10.2 Å². The van der Waals surface area contributed by atoms with Crippen LogP contribution in [-0.4, -0.2) is 36.8 Å². The highest BCUT2D eigenvalue weighted by molar-refractivity contribution is 7.99. The summed E-state index contributed by atoms with van der Waals surface area (Å²) >= 11 is 2.49. The summed E-state index contributed by atoms with van der Waals surface area (Å²) in [6.45, 7) is 3.62. The lowest BCUT2D eigenvalue weighted by molar-refractivity contribution is -0.113. The molecule has 1 amide bonds. The number of rotatable bonds is 6. The van der Waals surface area contributed by atoms with E-state index in [0.29, 0.717) is 16.4 Å². The number of benzene rings is 1. The molecule has 30 heavy (non-hydrogen) atoms. The Morgan fingerprint density at radius 3 is 2.87 bits per heavy atom. The van der Waals surface area contributed by atoms with Crippen molar-refractivity contribution in [3.8, 4) is 0 Å². The van der Waals surface area contributed by atoms with Crippen LogP contribution in [0.15, 0.2) is 37.4 Å². The van der Waals surface area contributed by atoms with Crippen molar-refractivity contribution < 1.29 is 9.21 Å². The first kappa shape index (κ1) is 20.0. The average molecular weight is 444 g/mol. The number of aromatic amines is 2. The maximum absolute atomic E-state index is 12.2. The molecule has 10 nitrogen and oxygen atoms in total. The maximum atomic E-state index is 12.2. The molecule has 0 fully saturated rings. The number of hydrogen-bond acceptors (Lipinski definition) is 9. The van der Waals surface area contributed by atoms with E-state index in [1.165, 1.54) is 11.3 Å². The number of nitrogens with zero attached hydrogens (tertiary/aromatic N) is 3. The van der Waals surface area contributed by atoms with Crippen molar-refractivity contribution in [1.29, 1.82) is 0 Å². The van der Waals surface area contributed by atoms with Gasteiger partial charge in [-0.25, -0.2) is 9.78 Å². The number of anilines is 1. The third-order valence-electron chi connectivity index (χ3n) is 4.15. The minimum absolute atomic E-state index is 0.0643. The van der Waals surface area contributed by atoms with E-state index in [9.17, 15) is 14.4 Å². The van der Waals surface area contributed by atoms with Gasteiger partial charge in [-0.1, -0.05) is 29.2 Å². The fraction of sp³-hybridized carbons (Fsp3) is 0.222. The van der Waals surface area contributed by atoms with Crippen molar-refractivity contribution in [1.82, 2.24) is 25.1 Å². The highest BCUT2D eigenvalue weighted by Crippen LogP contribution is 2.27. The van der Waals surface area contributed by atoms with Crippen molar-refractivity contribution in [2.24, 2.45) is 0 Å². The van der Waals surface area contributed by atoms with Gasteiger partial charge in [0.2, 0.25) is 11.8 Å². The molecular formula is C18H16N6O4S2. The summed E-state index contributed by atoms with van der Waals surface area (Å²) in [6, 6.07) is 5.91. The van der Waals surface area contributed by atoms with Gasteiger partial charge in [-0.2, -0.15) is 0 Å². The standard InChI is InChI=1S/C18H16N6O4S2/c1-8-3-4-11-12(5-8)30-17(20-11)21-13(25)7-29-18-24-23-14(28-18)6-10-9(2)19-16(27)22-15(10)26/h3-5H,6-7H2,1-2H3,(H,20,21,25)(H2,19,22,26,27). The summed E-state index contributed by atoms with van der Waals surface area (Å²) in [5.41, 5.74) is 1.65. The SMILES string of the molecule is Cc1ccc2nc(NC(=O)CSc3nnc(Cc4c(C)[nH]c(=O)[nH]c4=O)o3)sc2c1. The van der Waals surface area contributed by atoms with E-state index in [2.05, 4.69) is 30.5 Å². The Bertz CT molecular complexity index is 1350. The number of aryl methyl sites for hydroxylation is 2. The molecule has 0 aliphatic carbocycles. The highest BCUT2D eigenvalue weighted by atomic mass is 32.2. The van der Waals surface area contributed by atoms with Crippen molar-refractivity contribution in [2.75, 3.05) is 11.1 Å². The summed E-state index contributed by atoms with van der Waals surface area (Å²) in [5, 5.41) is 11.3. The quantitative estimate of drug-likeness (QED) is 0.383. The molecule has 0 spiro atoms. The largest absolute Gasteiger partial charge is 0.416 e. The van der Waals surface area contributed by atoms with E-state index in [0.717, 1.165) is 27.5 Å². The summed E-state index contributed by atoms with van der Waals surface area (Å²) < 4.78 is 6.50. The Hall–Kier alpha value is -3.25. The van der Waals surface area contributed by atoms with Gasteiger partial charge >= 0.3 is 5.69 Å². The molecule has 3 N–H and O–H groups in total. The third-order valence-corrected chi connectivity index (χ3v) is 5.90. The molecule has 0 saturated carbocycles. The fourth-order valence-corrected chi connectivity index (χ4v) is 4.29. The second-order valence-corrected chi connectivity index (χ2v) is 8.43. The van der Waals surface area contributed by atoms with E-state index in [4.69, 9.17) is 4.42 Å². The minimum atomic E-state index is -0.572. The monoisotopic (exact) mass is 444 g/mol. The second-order valence-electron chi connectivity index (χ2n) is 6.48. The lowest BCUT2D eigenvalue weighted by atomic mass is 10.2. The fourth-order valence-electron chi connectivity index (χ4n) is 2.73. The first-order valence-corrected chi connectivity index (χ1v) is 10.6. The number of amides is 1. The summed E-state index contributed by atoms with van der Waals surface area (Å²) in [6.07, 6.45) is 0.0722. The Balaban J connectivity index is 1.36. The van der Waals surface area contributed by atoms with E-state index in [1.54, 1.807) is 6.92 Å². The predicted octanol–water partition coefficient (Wildman–Crippen LogP) is 1.99. The lowest BCUT2D eigenvalue weighted by Gasteiger charge is -2.00. The molecule has 4 aromatic rings. The zero-order valence-corrected chi connectivity index (χ0v) is 17.6. The van der Waals surface area contributed by atoms with Gasteiger partial charge in [-0.05, 0) is 31.5 Å². The number of hydrogen-bond donors (Lipinski definition) is 3. The number of carbonyl (C=O) groups is 1.